The first kappa shape index (κ1) is 21.7. The smallest absolute Gasteiger partial charge is 0.297 e. The van der Waals surface area contributed by atoms with Crippen molar-refractivity contribution in [1.29, 1.82) is 0 Å². The molecule has 5 rings (SSSR count). The Labute approximate surface area is 201 Å². The molecule has 9 heteroatoms. The van der Waals surface area contributed by atoms with Crippen molar-refractivity contribution in [2.75, 3.05) is 12.0 Å². The number of anilines is 1. The predicted octanol–water partition coefficient (Wildman–Crippen LogP) is 5.40. The lowest BCUT2D eigenvalue weighted by Crippen LogP contribution is -2.29. The summed E-state index contributed by atoms with van der Waals surface area (Å²) >= 11 is 4.72. The molecule has 3 heterocycles. The number of phenolic OH excluding ortho intramolecular Hbond substituents is 1. The van der Waals surface area contributed by atoms with Crippen molar-refractivity contribution < 1.29 is 19.1 Å². The molecule has 4 aromatic rings. The van der Waals surface area contributed by atoms with Crippen molar-refractivity contribution in [3.8, 4) is 11.5 Å². The second kappa shape index (κ2) is 7.71. The fourth-order valence-corrected chi connectivity index (χ4v) is 5.46. The van der Waals surface area contributed by atoms with Gasteiger partial charge >= 0.3 is 0 Å². The van der Waals surface area contributed by atoms with Crippen LogP contribution in [-0.2, 0) is 0 Å². The number of hydrogen-bond acceptors (Lipinski definition) is 7. The van der Waals surface area contributed by atoms with Crippen molar-refractivity contribution in [3.05, 3.63) is 78.0 Å². The van der Waals surface area contributed by atoms with Crippen LogP contribution in [0.4, 0.5) is 5.13 Å². The zero-order valence-electron chi connectivity index (χ0n) is 18.2. The summed E-state index contributed by atoms with van der Waals surface area (Å²) in [7, 11) is 1.44. The number of methoxy groups -OCH3 is 1. The van der Waals surface area contributed by atoms with Crippen LogP contribution >= 0.6 is 27.3 Å². The third-order valence-corrected chi connectivity index (χ3v) is 7.51. The van der Waals surface area contributed by atoms with E-state index < -0.39 is 11.9 Å². The summed E-state index contributed by atoms with van der Waals surface area (Å²) in [6.45, 7) is 5.70. The summed E-state index contributed by atoms with van der Waals surface area (Å²) in [5.41, 5.74) is 2.62. The molecule has 0 radical (unpaired) electrons. The van der Waals surface area contributed by atoms with Crippen LogP contribution in [-0.4, -0.2) is 23.1 Å². The molecule has 7 nitrogen and oxygen atoms in total. The lowest BCUT2D eigenvalue weighted by Gasteiger charge is -2.23. The van der Waals surface area contributed by atoms with Gasteiger partial charge in [-0.05, 0) is 66.5 Å². The molecule has 1 N–H and O–H groups in total. The SMILES string of the molecule is COc1cc(C2c3c(oc4ccc(C)cc4c3=O)C(=O)N2c2nc(C)c(C)s2)cc(Br)c1O. The fourth-order valence-electron chi connectivity index (χ4n) is 4.07. The number of phenols is 1. The minimum Gasteiger partial charge on any atom is -0.503 e. The van der Waals surface area contributed by atoms with Crippen molar-refractivity contribution >= 4 is 49.3 Å². The maximum atomic E-state index is 13.7. The van der Waals surface area contributed by atoms with E-state index in [0.717, 1.165) is 16.1 Å². The minimum absolute atomic E-state index is 0.00461. The Bertz CT molecular complexity index is 1500. The van der Waals surface area contributed by atoms with Gasteiger partial charge in [-0.2, -0.15) is 0 Å². The quantitative estimate of drug-likeness (QED) is 0.384. The lowest BCUT2D eigenvalue weighted by atomic mass is 9.98. The molecule has 2 aromatic heterocycles. The van der Waals surface area contributed by atoms with Crippen LogP contribution in [0, 0.1) is 20.8 Å². The normalized spacial score (nSPS) is 15.4. The van der Waals surface area contributed by atoms with Gasteiger partial charge < -0.3 is 14.3 Å². The third kappa shape index (κ3) is 3.26. The second-order valence-corrected chi connectivity index (χ2v) is 9.98. The third-order valence-electron chi connectivity index (χ3n) is 5.84. The zero-order chi connectivity index (χ0) is 23.6. The van der Waals surface area contributed by atoms with Gasteiger partial charge in [-0.1, -0.05) is 11.6 Å². The van der Waals surface area contributed by atoms with Gasteiger partial charge in [0.05, 0.1) is 34.3 Å². The maximum Gasteiger partial charge on any atom is 0.297 e. The van der Waals surface area contributed by atoms with Gasteiger partial charge in [0.2, 0.25) is 5.76 Å². The number of amides is 1. The Hall–Kier alpha value is -3.17. The topological polar surface area (TPSA) is 92.9 Å². The Kier molecular flexibility index (Phi) is 5.06. The number of aryl methyl sites for hydroxylation is 3. The number of nitrogens with zero attached hydrogens (tertiary/aromatic N) is 2. The summed E-state index contributed by atoms with van der Waals surface area (Å²) in [4.78, 5) is 34.4. The van der Waals surface area contributed by atoms with Crippen molar-refractivity contribution in [2.45, 2.75) is 26.8 Å². The van der Waals surface area contributed by atoms with Gasteiger partial charge in [0.15, 0.2) is 22.1 Å². The van der Waals surface area contributed by atoms with Gasteiger partial charge in [0, 0.05) is 4.88 Å². The molecule has 0 saturated carbocycles. The van der Waals surface area contributed by atoms with Crippen LogP contribution in [0.3, 0.4) is 0 Å². The Morgan fingerprint density at radius 1 is 1.18 bits per heavy atom. The molecule has 1 aliphatic rings. The molecule has 1 atom stereocenters. The molecule has 1 unspecified atom stereocenters. The lowest BCUT2D eigenvalue weighted by molar-refractivity contribution is 0.0971. The monoisotopic (exact) mass is 526 g/mol. The molecule has 0 aliphatic carbocycles. The van der Waals surface area contributed by atoms with Crippen LogP contribution in [0.5, 0.6) is 11.5 Å². The van der Waals surface area contributed by atoms with E-state index in [2.05, 4.69) is 20.9 Å². The van der Waals surface area contributed by atoms with E-state index in [4.69, 9.17) is 9.15 Å². The van der Waals surface area contributed by atoms with E-state index in [0.29, 0.717) is 26.1 Å². The highest BCUT2D eigenvalue weighted by Crippen LogP contribution is 2.46. The predicted molar refractivity (Wildman–Crippen MR) is 130 cm³/mol. The summed E-state index contributed by atoms with van der Waals surface area (Å²) in [6.07, 6.45) is 0. The molecule has 2 aromatic carbocycles. The van der Waals surface area contributed by atoms with Gasteiger partial charge in [-0.25, -0.2) is 4.98 Å². The van der Waals surface area contributed by atoms with Crippen LogP contribution in [0.1, 0.15) is 43.9 Å². The van der Waals surface area contributed by atoms with E-state index in [1.165, 1.54) is 23.3 Å². The average molecular weight is 527 g/mol. The first-order valence-electron chi connectivity index (χ1n) is 10.1. The average Bonchev–Trinajstić information content (AvgIpc) is 3.26. The highest BCUT2D eigenvalue weighted by atomic mass is 79.9. The molecular weight excluding hydrogens is 508 g/mol. The zero-order valence-corrected chi connectivity index (χ0v) is 20.6. The molecule has 1 amide bonds. The number of aromatic hydroxyl groups is 1. The fraction of sp³-hybridized carbons (Fsp3) is 0.208. The number of hydrogen-bond donors (Lipinski definition) is 1. The summed E-state index contributed by atoms with van der Waals surface area (Å²) in [6, 6.07) is 7.79. The second-order valence-electron chi connectivity index (χ2n) is 7.94. The van der Waals surface area contributed by atoms with Gasteiger partial charge in [0.25, 0.3) is 5.91 Å². The van der Waals surface area contributed by atoms with Gasteiger partial charge in [-0.3, -0.25) is 14.5 Å². The van der Waals surface area contributed by atoms with Crippen LogP contribution in [0.25, 0.3) is 11.0 Å². The highest BCUT2D eigenvalue weighted by molar-refractivity contribution is 9.10. The van der Waals surface area contributed by atoms with Gasteiger partial charge in [0.1, 0.15) is 5.58 Å². The van der Waals surface area contributed by atoms with Crippen molar-refractivity contribution in [1.82, 2.24) is 4.98 Å². The van der Waals surface area contributed by atoms with Crippen molar-refractivity contribution in [2.24, 2.45) is 0 Å². The summed E-state index contributed by atoms with van der Waals surface area (Å²) in [5, 5.41) is 11.2. The number of ether oxygens (including phenoxy) is 1. The van der Waals surface area contributed by atoms with Crippen LogP contribution < -0.4 is 15.1 Å². The molecule has 33 heavy (non-hydrogen) atoms. The first-order chi connectivity index (χ1) is 15.7. The first-order valence-corrected chi connectivity index (χ1v) is 11.7. The molecule has 0 bridgehead atoms. The number of carbonyl (C=O) groups is 1. The maximum absolute atomic E-state index is 13.7. The van der Waals surface area contributed by atoms with E-state index in [-0.39, 0.29) is 28.3 Å². The molecule has 1 aliphatic heterocycles. The van der Waals surface area contributed by atoms with Crippen molar-refractivity contribution in [3.63, 3.8) is 0 Å². The number of rotatable bonds is 3. The Morgan fingerprint density at radius 3 is 2.61 bits per heavy atom. The van der Waals surface area contributed by atoms with E-state index >= 15 is 0 Å². The minimum atomic E-state index is -0.801. The molecular formula is C24H19BrN2O5S. The Morgan fingerprint density at radius 2 is 1.94 bits per heavy atom. The van der Waals surface area contributed by atoms with Crippen LogP contribution in [0.2, 0.25) is 0 Å². The number of thiazole rings is 1. The molecule has 168 valence electrons. The number of halogens is 1. The molecule has 0 saturated heterocycles. The molecule has 0 fully saturated rings. The van der Waals surface area contributed by atoms with E-state index in [1.807, 2.05) is 26.8 Å². The summed E-state index contributed by atoms with van der Waals surface area (Å²) in [5.74, 6) is -0.297. The number of fused-ring (bicyclic) bond motifs is 2. The van der Waals surface area contributed by atoms with Crippen LogP contribution in [0.15, 0.2) is 44.0 Å². The van der Waals surface area contributed by atoms with E-state index in [1.54, 1.807) is 24.3 Å². The number of carbonyl (C=O) groups excluding carboxylic acids is 1. The Balaban J connectivity index is 1.85. The number of benzene rings is 2. The number of aromatic nitrogens is 1. The highest BCUT2D eigenvalue weighted by Gasteiger charge is 2.45. The summed E-state index contributed by atoms with van der Waals surface area (Å²) < 4.78 is 11.7. The molecule has 0 spiro atoms. The van der Waals surface area contributed by atoms with E-state index in [9.17, 15) is 14.7 Å². The largest absolute Gasteiger partial charge is 0.503 e. The standard InChI is InChI=1S/C24H19BrN2O5S/c1-10-5-6-16-14(7-10)20(28)18-19(13-8-15(25)21(29)17(9-13)31-4)27(23(30)22(18)32-16)24-26-11(2)12(3)33-24/h5-9,19,29H,1-4H3. The van der Waals surface area contributed by atoms with Gasteiger partial charge in [-0.15, -0.1) is 11.3 Å².